The normalized spacial score (nSPS) is 16.1. The number of aromatic hydroxyl groups is 1. The van der Waals surface area contributed by atoms with Crippen LogP contribution in [0.2, 0.25) is 0 Å². The highest BCUT2D eigenvalue weighted by atomic mass is 79.9. The molecule has 0 saturated heterocycles. The molecule has 92 valence electrons. The van der Waals surface area contributed by atoms with E-state index in [2.05, 4.69) is 21.4 Å². The van der Waals surface area contributed by atoms with E-state index >= 15 is 0 Å². The summed E-state index contributed by atoms with van der Waals surface area (Å²) in [6, 6.07) is 4.70. The van der Waals surface area contributed by atoms with Crippen molar-refractivity contribution in [2.45, 2.75) is 31.8 Å². The van der Waals surface area contributed by atoms with Gasteiger partial charge in [-0.15, -0.1) is 0 Å². The quantitative estimate of drug-likeness (QED) is 0.844. The second kappa shape index (κ2) is 5.51. The van der Waals surface area contributed by atoms with Gasteiger partial charge in [0.1, 0.15) is 5.75 Å². The Kier molecular flexibility index (Phi) is 4.02. The van der Waals surface area contributed by atoms with Gasteiger partial charge in [0, 0.05) is 4.47 Å². The molecule has 5 heteroatoms. The molecule has 0 aliphatic heterocycles. The number of halogens is 1. The van der Waals surface area contributed by atoms with Crippen LogP contribution in [0.5, 0.6) is 5.75 Å². The molecule has 0 bridgehead atoms. The van der Waals surface area contributed by atoms with E-state index in [1.165, 1.54) is 6.07 Å². The summed E-state index contributed by atoms with van der Waals surface area (Å²) in [5.41, 5.74) is 2.60. The number of benzene rings is 1. The summed E-state index contributed by atoms with van der Waals surface area (Å²) in [4.78, 5) is 17.0. The maximum absolute atomic E-state index is 11.8. The van der Waals surface area contributed by atoms with Gasteiger partial charge in [-0.2, -0.15) is 0 Å². The first-order valence-electron chi connectivity index (χ1n) is 5.61. The van der Waals surface area contributed by atoms with E-state index < -0.39 is 5.91 Å². The monoisotopic (exact) mass is 299 g/mol. The van der Waals surface area contributed by atoms with Gasteiger partial charge in [0.15, 0.2) is 0 Å². The minimum atomic E-state index is -0.421. The maximum Gasteiger partial charge on any atom is 0.278 e. The summed E-state index contributed by atoms with van der Waals surface area (Å²) in [5, 5.41) is 9.56. The summed E-state index contributed by atoms with van der Waals surface area (Å²) in [5.74, 6) is -0.476. The van der Waals surface area contributed by atoms with Gasteiger partial charge >= 0.3 is 0 Å². The minimum absolute atomic E-state index is 0.0549. The molecule has 4 nitrogen and oxygen atoms in total. The average Bonchev–Trinajstić information content (AvgIpc) is 2.82. The molecule has 0 radical (unpaired) electrons. The molecular weight excluding hydrogens is 286 g/mol. The topological polar surface area (TPSA) is 58.6 Å². The van der Waals surface area contributed by atoms with Crippen molar-refractivity contribution in [1.29, 1.82) is 0 Å². The molecule has 1 aliphatic rings. The van der Waals surface area contributed by atoms with Crippen molar-refractivity contribution in [1.82, 2.24) is 5.48 Å². The molecule has 0 heterocycles. The van der Waals surface area contributed by atoms with E-state index in [0.717, 1.165) is 30.2 Å². The smallest absolute Gasteiger partial charge is 0.278 e. The predicted octanol–water partition coefficient (Wildman–Crippen LogP) is 2.76. The van der Waals surface area contributed by atoms with Crippen LogP contribution < -0.4 is 5.48 Å². The molecule has 2 rings (SSSR count). The third kappa shape index (κ3) is 3.20. The van der Waals surface area contributed by atoms with Crippen molar-refractivity contribution in [3.8, 4) is 5.75 Å². The van der Waals surface area contributed by atoms with Crippen LogP contribution in [0.25, 0.3) is 0 Å². The van der Waals surface area contributed by atoms with E-state index in [9.17, 15) is 9.90 Å². The Bertz CT molecular complexity index is 416. The number of hydrogen-bond acceptors (Lipinski definition) is 3. The van der Waals surface area contributed by atoms with Gasteiger partial charge in [0.2, 0.25) is 0 Å². The number of phenols is 1. The Balaban J connectivity index is 1.96. The van der Waals surface area contributed by atoms with Crippen LogP contribution in [0.15, 0.2) is 22.7 Å². The maximum atomic E-state index is 11.8. The molecular formula is C12H14BrNO3. The third-order valence-electron chi connectivity index (χ3n) is 2.82. The summed E-state index contributed by atoms with van der Waals surface area (Å²) in [7, 11) is 0. The van der Waals surface area contributed by atoms with Crippen LogP contribution in [-0.2, 0) is 4.84 Å². The minimum Gasteiger partial charge on any atom is -0.507 e. The zero-order valence-electron chi connectivity index (χ0n) is 9.28. The molecule has 1 fully saturated rings. The number of carbonyl (C=O) groups excluding carboxylic acids is 1. The van der Waals surface area contributed by atoms with Crippen molar-refractivity contribution >= 4 is 21.8 Å². The highest BCUT2D eigenvalue weighted by Gasteiger charge is 2.18. The fraction of sp³-hybridized carbons (Fsp3) is 0.417. The summed E-state index contributed by atoms with van der Waals surface area (Å²) < 4.78 is 0.737. The van der Waals surface area contributed by atoms with Crippen LogP contribution in [0.1, 0.15) is 36.0 Å². The summed E-state index contributed by atoms with van der Waals surface area (Å²) in [6.07, 6.45) is 4.34. The lowest BCUT2D eigenvalue weighted by Gasteiger charge is -2.12. The molecule has 0 atom stereocenters. The molecule has 0 aromatic heterocycles. The van der Waals surface area contributed by atoms with Gasteiger partial charge in [-0.05, 0) is 31.0 Å². The van der Waals surface area contributed by atoms with Crippen LogP contribution in [0.4, 0.5) is 0 Å². The molecule has 1 aliphatic carbocycles. The fourth-order valence-electron chi connectivity index (χ4n) is 1.89. The Labute approximate surface area is 108 Å². The lowest BCUT2D eigenvalue weighted by atomic mass is 10.2. The molecule has 1 saturated carbocycles. The van der Waals surface area contributed by atoms with E-state index in [-0.39, 0.29) is 17.4 Å². The second-order valence-electron chi connectivity index (χ2n) is 4.12. The Morgan fingerprint density at radius 3 is 2.82 bits per heavy atom. The second-order valence-corrected chi connectivity index (χ2v) is 5.03. The highest BCUT2D eigenvalue weighted by molar-refractivity contribution is 9.10. The van der Waals surface area contributed by atoms with Crippen LogP contribution in [0.3, 0.4) is 0 Å². The van der Waals surface area contributed by atoms with Crippen molar-refractivity contribution in [3.05, 3.63) is 28.2 Å². The number of hydroxylamine groups is 1. The van der Waals surface area contributed by atoms with E-state index in [1.54, 1.807) is 12.1 Å². The first kappa shape index (κ1) is 12.4. The number of nitrogens with one attached hydrogen (secondary N) is 1. The number of amides is 1. The van der Waals surface area contributed by atoms with Crippen molar-refractivity contribution in [2.75, 3.05) is 0 Å². The molecule has 17 heavy (non-hydrogen) atoms. The molecule has 2 N–H and O–H groups in total. The number of carbonyl (C=O) groups is 1. The molecule has 0 spiro atoms. The van der Waals surface area contributed by atoms with Crippen molar-refractivity contribution < 1.29 is 14.7 Å². The van der Waals surface area contributed by atoms with Gasteiger partial charge in [0.25, 0.3) is 5.91 Å². The Morgan fingerprint density at radius 2 is 2.12 bits per heavy atom. The van der Waals surface area contributed by atoms with E-state index in [1.807, 2.05) is 0 Å². The molecule has 1 aromatic rings. The number of phenolic OH excluding ortho intramolecular Hbond substituents is 1. The molecule has 0 unspecified atom stereocenters. The van der Waals surface area contributed by atoms with Gasteiger partial charge in [-0.3, -0.25) is 9.63 Å². The fourth-order valence-corrected chi connectivity index (χ4v) is 2.25. The van der Waals surface area contributed by atoms with Crippen LogP contribution in [0, 0.1) is 0 Å². The SMILES string of the molecule is O=C(NOC1CCCC1)c1cc(Br)ccc1O. The first-order valence-corrected chi connectivity index (χ1v) is 6.40. The van der Waals surface area contributed by atoms with E-state index in [4.69, 9.17) is 4.84 Å². The lowest BCUT2D eigenvalue weighted by Crippen LogP contribution is -2.28. The van der Waals surface area contributed by atoms with Crippen LogP contribution >= 0.6 is 15.9 Å². The van der Waals surface area contributed by atoms with E-state index in [0.29, 0.717) is 0 Å². The molecule has 1 amide bonds. The van der Waals surface area contributed by atoms with Gasteiger partial charge in [-0.25, -0.2) is 5.48 Å². The van der Waals surface area contributed by atoms with Crippen molar-refractivity contribution in [2.24, 2.45) is 0 Å². The number of rotatable bonds is 3. The third-order valence-corrected chi connectivity index (χ3v) is 3.32. The lowest BCUT2D eigenvalue weighted by molar-refractivity contribution is -0.0126. The average molecular weight is 300 g/mol. The predicted molar refractivity (Wildman–Crippen MR) is 66.6 cm³/mol. The highest BCUT2D eigenvalue weighted by Crippen LogP contribution is 2.23. The molecule has 1 aromatic carbocycles. The summed E-state index contributed by atoms with van der Waals surface area (Å²) in [6.45, 7) is 0. The van der Waals surface area contributed by atoms with Crippen molar-refractivity contribution in [3.63, 3.8) is 0 Å². The number of hydrogen-bond donors (Lipinski definition) is 2. The Morgan fingerprint density at radius 1 is 1.41 bits per heavy atom. The van der Waals surface area contributed by atoms with Gasteiger partial charge in [0.05, 0.1) is 11.7 Å². The van der Waals surface area contributed by atoms with Crippen LogP contribution in [-0.4, -0.2) is 17.1 Å². The zero-order valence-corrected chi connectivity index (χ0v) is 10.9. The summed E-state index contributed by atoms with van der Waals surface area (Å²) >= 11 is 3.25. The van der Waals surface area contributed by atoms with Gasteiger partial charge in [-0.1, -0.05) is 28.8 Å². The first-order chi connectivity index (χ1) is 8.16. The largest absolute Gasteiger partial charge is 0.507 e. The standard InChI is InChI=1S/C12H14BrNO3/c13-8-5-6-11(15)10(7-8)12(16)14-17-9-3-1-2-4-9/h5-7,9,15H,1-4H2,(H,14,16). The zero-order chi connectivity index (χ0) is 12.3. The Hall–Kier alpha value is -1.07. The van der Waals surface area contributed by atoms with Gasteiger partial charge < -0.3 is 5.11 Å².